The van der Waals surface area contributed by atoms with E-state index in [1.54, 1.807) is 26.3 Å². The fourth-order valence-electron chi connectivity index (χ4n) is 2.15. The number of methoxy groups -OCH3 is 1. The molecule has 108 valence electrons. The van der Waals surface area contributed by atoms with Crippen molar-refractivity contribution in [3.63, 3.8) is 0 Å². The van der Waals surface area contributed by atoms with Gasteiger partial charge >= 0.3 is 0 Å². The number of aliphatic hydroxyl groups excluding tert-OH is 1. The molecular formula is C15H14ClN3O2. The lowest BCUT2D eigenvalue weighted by atomic mass is 10.1. The van der Waals surface area contributed by atoms with Crippen LogP contribution in [0.5, 0.6) is 5.88 Å². The van der Waals surface area contributed by atoms with Crippen molar-refractivity contribution in [1.82, 2.24) is 15.0 Å². The lowest BCUT2D eigenvalue weighted by Crippen LogP contribution is -1.92. The maximum atomic E-state index is 9.58. The highest BCUT2D eigenvalue weighted by Gasteiger charge is 2.11. The highest BCUT2D eigenvalue weighted by atomic mass is 35.5. The first-order chi connectivity index (χ1) is 10.1. The van der Waals surface area contributed by atoms with Crippen LogP contribution in [0.2, 0.25) is 5.02 Å². The smallest absolute Gasteiger partial charge is 0.213 e. The Labute approximate surface area is 126 Å². The van der Waals surface area contributed by atoms with Gasteiger partial charge < -0.3 is 14.8 Å². The molecule has 0 spiro atoms. The second-order valence-corrected chi connectivity index (χ2v) is 5.14. The summed E-state index contributed by atoms with van der Waals surface area (Å²) in [4.78, 5) is 11.5. The molecule has 3 rings (SSSR count). The highest BCUT2D eigenvalue weighted by molar-refractivity contribution is 6.33. The number of hydrogen-bond donors (Lipinski definition) is 2. The molecule has 0 unspecified atom stereocenters. The van der Waals surface area contributed by atoms with Crippen molar-refractivity contribution in [1.29, 1.82) is 0 Å². The summed E-state index contributed by atoms with van der Waals surface area (Å²) < 4.78 is 5.13. The van der Waals surface area contributed by atoms with Crippen LogP contribution in [0.1, 0.15) is 18.9 Å². The molecule has 2 heterocycles. The Hall–Kier alpha value is -2.11. The summed E-state index contributed by atoms with van der Waals surface area (Å²) in [5.41, 5.74) is 3.40. The molecule has 0 bridgehead atoms. The van der Waals surface area contributed by atoms with Crippen molar-refractivity contribution in [2.75, 3.05) is 7.11 Å². The van der Waals surface area contributed by atoms with E-state index in [0.717, 1.165) is 22.2 Å². The average Bonchev–Trinajstić information content (AvgIpc) is 2.91. The molecule has 0 radical (unpaired) electrons. The first kappa shape index (κ1) is 13.9. The summed E-state index contributed by atoms with van der Waals surface area (Å²) in [7, 11) is 1.56. The zero-order valence-corrected chi connectivity index (χ0v) is 12.3. The Balaban J connectivity index is 2.12. The highest BCUT2D eigenvalue weighted by Crippen LogP contribution is 2.31. The molecule has 2 aromatic heterocycles. The van der Waals surface area contributed by atoms with Crippen LogP contribution in [0, 0.1) is 0 Å². The van der Waals surface area contributed by atoms with Gasteiger partial charge in [-0.3, -0.25) is 0 Å². The number of H-pyrrole nitrogens is 1. The van der Waals surface area contributed by atoms with Gasteiger partial charge in [-0.05, 0) is 24.6 Å². The fraction of sp³-hybridized carbons (Fsp3) is 0.200. The largest absolute Gasteiger partial charge is 0.481 e. The van der Waals surface area contributed by atoms with E-state index in [1.165, 1.54) is 0 Å². The van der Waals surface area contributed by atoms with Crippen LogP contribution in [0.4, 0.5) is 0 Å². The monoisotopic (exact) mass is 303 g/mol. The average molecular weight is 304 g/mol. The van der Waals surface area contributed by atoms with Gasteiger partial charge in [-0.2, -0.15) is 0 Å². The van der Waals surface area contributed by atoms with Gasteiger partial charge in [-0.15, -0.1) is 0 Å². The van der Waals surface area contributed by atoms with Crippen molar-refractivity contribution < 1.29 is 9.84 Å². The van der Waals surface area contributed by atoms with Crippen LogP contribution in [0.25, 0.3) is 22.2 Å². The second-order valence-electron chi connectivity index (χ2n) is 4.74. The van der Waals surface area contributed by atoms with Crippen molar-refractivity contribution in [3.05, 3.63) is 41.3 Å². The molecule has 0 aliphatic carbocycles. The number of hydrogen-bond acceptors (Lipinski definition) is 4. The van der Waals surface area contributed by atoms with E-state index in [-0.39, 0.29) is 0 Å². The number of aliphatic hydroxyl groups is 1. The Morgan fingerprint density at radius 1 is 1.33 bits per heavy atom. The number of ether oxygens (including phenoxy) is 1. The third kappa shape index (κ3) is 2.57. The van der Waals surface area contributed by atoms with Crippen LogP contribution < -0.4 is 4.74 Å². The minimum absolute atomic E-state index is 0.503. The van der Waals surface area contributed by atoms with Gasteiger partial charge in [0.05, 0.1) is 29.4 Å². The number of imidazole rings is 1. The normalized spacial score (nSPS) is 12.6. The number of rotatable bonds is 3. The zero-order valence-electron chi connectivity index (χ0n) is 11.6. The Bertz CT molecular complexity index is 799. The Kier molecular flexibility index (Phi) is 3.53. The number of benzene rings is 1. The SMILES string of the molecule is COc1cc(-c2ccc3nc([C@H](C)O)[nH]c3c2)c(Cl)cn1. The molecule has 0 saturated heterocycles. The molecule has 1 atom stereocenters. The van der Waals surface area contributed by atoms with Gasteiger partial charge in [-0.25, -0.2) is 9.97 Å². The maximum absolute atomic E-state index is 9.58. The standard InChI is InChI=1S/C15H14ClN3O2/c1-8(20)15-18-12-4-3-9(5-13(12)19-15)10-6-14(21-2)17-7-11(10)16/h3-8,20H,1-2H3,(H,18,19)/t8-/m0/s1. The molecule has 0 fully saturated rings. The summed E-state index contributed by atoms with van der Waals surface area (Å²) in [5, 5.41) is 10.1. The third-order valence-corrected chi connectivity index (χ3v) is 3.55. The summed E-state index contributed by atoms with van der Waals surface area (Å²) in [6.45, 7) is 1.67. The molecular weight excluding hydrogens is 290 g/mol. The number of aromatic nitrogens is 3. The van der Waals surface area contributed by atoms with E-state index in [9.17, 15) is 5.11 Å². The summed E-state index contributed by atoms with van der Waals surface area (Å²) in [6, 6.07) is 7.54. The van der Waals surface area contributed by atoms with E-state index in [1.807, 2.05) is 18.2 Å². The van der Waals surface area contributed by atoms with E-state index in [4.69, 9.17) is 16.3 Å². The second kappa shape index (κ2) is 5.35. The number of aromatic amines is 1. The lowest BCUT2D eigenvalue weighted by Gasteiger charge is -2.06. The Morgan fingerprint density at radius 3 is 2.86 bits per heavy atom. The zero-order chi connectivity index (χ0) is 15.0. The molecule has 2 N–H and O–H groups in total. The molecule has 0 aliphatic heterocycles. The maximum Gasteiger partial charge on any atom is 0.213 e. The molecule has 0 saturated carbocycles. The van der Waals surface area contributed by atoms with E-state index in [0.29, 0.717) is 16.7 Å². The van der Waals surface area contributed by atoms with Crippen LogP contribution in [-0.2, 0) is 0 Å². The van der Waals surface area contributed by atoms with Gasteiger partial charge in [0.15, 0.2) is 0 Å². The number of fused-ring (bicyclic) bond motifs is 1. The predicted octanol–water partition coefficient (Wildman–Crippen LogP) is 3.34. The van der Waals surface area contributed by atoms with Crippen molar-refractivity contribution in [2.24, 2.45) is 0 Å². The van der Waals surface area contributed by atoms with E-state index < -0.39 is 6.10 Å². The lowest BCUT2D eigenvalue weighted by molar-refractivity contribution is 0.190. The minimum Gasteiger partial charge on any atom is -0.481 e. The minimum atomic E-state index is -0.634. The Morgan fingerprint density at radius 2 is 2.14 bits per heavy atom. The summed E-state index contributed by atoms with van der Waals surface area (Å²) in [5.74, 6) is 1.05. The molecule has 5 nitrogen and oxygen atoms in total. The quantitative estimate of drug-likeness (QED) is 0.778. The van der Waals surface area contributed by atoms with E-state index in [2.05, 4.69) is 15.0 Å². The first-order valence-electron chi connectivity index (χ1n) is 6.46. The summed E-state index contributed by atoms with van der Waals surface area (Å²) in [6.07, 6.45) is 0.930. The van der Waals surface area contributed by atoms with Gasteiger partial charge in [-0.1, -0.05) is 17.7 Å². The first-order valence-corrected chi connectivity index (χ1v) is 6.84. The van der Waals surface area contributed by atoms with Crippen LogP contribution in [0.15, 0.2) is 30.5 Å². The van der Waals surface area contributed by atoms with E-state index >= 15 is 0 Å². The van der Waals surface area contributed by atoms with Crippen LogP contribution >= 0.6 is 11.6 Å². The summed E-state index contributed by atoms with van der Waals surface area (Å²) >= 11 is 6.21. The van der Waals surface area contributed by atoms with Crippen molar-refractivity contribution in [2.45, 2.75) is 13.0 Å². The molecule has 6 heteroatoms. The molecule has 0 aliphatic rings. The van der Waals surface area contributed by atoms with Crippen LogP contribution in [0.3, 0.4) is 0 Å². The van der Waals surface area contributed by atoms with Crippen LogP contribution in [-0.4, -0.2) is 27.2 Å². The molecule has 21 heavy (non-hydrogen) atoms. The number of pyridine rings is 1. The van der Waals surface area contributed by atoms with Gasteiger partial charge in [0.2, 0.25) is 5.88 Å². The molecule has 3 aromatic rings. The van der Waals surface area contributed by atoms with Gasteiger partial charge in [0.1, 0.15) is 11.9 Å². The fourth-order valence-corrected chi connectivity index (χ4v) is 2.36. The third-order valence-electron chi connectivity index (χ3n) is 3.25. The van der Waals surface area contributed by atoms with Gasteiger partial charge in [0, 0.05) is 11.6 Å². The molecule has 1 aromatic carbocycles. The number of nitrogens with zero attached hydrogens (tertiary/aromatic N) is 2. The number of nitrogens with one attached hydrogen (secondary N) is 1. The van der Waals surface area contributed by atoms with Crippen molar-refractivity contribution >= 4 is 22.6 Å². The predicted molar refractivity (Wildman–Crippen MR) is 81.5 cm³/mol. The number of halogens is 1. The topological polar surface area (TPSA) is 71.0 Å². The van der Waals surface area contributed by atoms with Crippen molar-refractivity contribution in [3.8, 4) is 17.0 Å². The molecule has 0 amide bonds. The van der Waals surface area contributed by atoms with Gasteiger partial charge in [0.25, 0.3) is 0 Å².